The molecule has 0 aliphatic heterocycles. The first kappa shape index (κ1) is 29.1. The van der Waals surface area contributed by atoms with Crippen LogP contribution in [0.15, 0.2) is 69.9 Å². The second-order valence-corrected chi connectivity index (χ2v) is 8.36. The van der Waals surface area contributed by atoms with Crippen molar-refractivity contribution in [2.45, 2.75) is 18.7 Å². The third-order valence-corrected chi connectivity index (χ3v) is 5.48. The fraction of sp³-hybridized carbons (Fsp3) is 0.174. The van der Waals surface area contributed by atoms with E-state index in [0.717, 1.165) is 22.9 Å². The van der Waals surface area contributed by atoms with Gasteiger partial charge >= 0.3 is 41.5 Å². The minimum atomic E-state index is -4.67. The molecule has 0 amide bonds. The smallest absolute Gasteiger partial charge is 0.744 e. The Morgan fingerprint density at radius 3 is 2.06 bits per heavy atom. The maximum Gasteiger partial charge on any atom is 1.00 e. The van der Waals surface area contributed by atoms with Crippen LogP contribution in [0.4, 0.5) is 11.5 Å². The molecule has 36 heavy (non-hydrogen) atoms. The summed E-state index contributed by atoms with van der Waals surface area (Å²) in [5.41, 5.74) is -0.456. The van der Waals surface area contributed by atoms with Gasteiger partial charge in [0.25, 0.3) is 5.56 Å². The minimum Gasteiger partial charge on any atom is -0.744 e. The quantitative estimate of drug-likeness (QED) is 0.0926. The van der Waals surface area contributed by atoms with E-state index in [1.54, 1.807) is 44.2 Å². The van der Waals surface area contributed by atoms with Crippen molar-refractivity contribution in [2.75, 3.05) is 18.5 Å². The zero-order valence-electron chi connectivity index (χ0n) is 19.8. The Morgan fingerprint density at radius 1 is 1.00 bits per heavy atom. The molecule has 0 saturated carbocycles. The number of anilines is 2. The van der Waals surface area contributed by atoms with Crippen LogP contribution in [0, 0.1) is 0 Å². The normalized spacial score (nSPS) is 10.6. The van der Waals surface area contributed by atoms with Gasteiger partial charge in [0.15, 0.2) is 0 Å². The Hall–Kier alpha value is -3.16. The number of nitrogens with zero attached hydrogens (tertiary/aromatic N) is 1. The topological polar surface area (TPSA) is 160 Å². The van der Waals surface area contributed by atoms with Crippen molar-refractivity contribution >= 4 is 39.6 Å². The Kier molecular flexibility index (Phi) is 10.3. The summed E-state index contributed by atoms with van der Waals surface area (Å²) >= 11 is 0. The minimum absolute atomic E-state index is 0. The number of H-pyrrole nitrogens is 1. The van der Waals surface area contributed by atoms with Crippen LogP contribution >= 0.6 is 0 Å². The molecule has 0 fully saturated rings. The maximum absolute atomic E-state index is 13.3. The largest absolute Gasteiger partial charge is 1.00 e. The molecule has 3 aromatic rings. The molecule has 2 aromatic carbocycles. The predicted octanol–water partition coefficient (Wildman–Crippen LogP) is -0.673. The number of benzene rings is 2. The van der Waals surface area contributed by atoms with Crippen LogP contribution in [0.3, 0.4) is 0 Å². The number of rotatable bonds is 9. The van der Waals surface area contributed by atoms with E-state index in [-0.39, 0.29) is 59.8 Å². The van der Waals surface area contributed by atoms with E-state index >= 15 is 0 Å². The van der Waals surface area contributed by atoms with Crippen molar-refractivity contribution < 1.29 is 61.6 Å². The Balaban J connectivity index is 0.00000456. The first-order valence-corrected chi connectivity index (χ1v) is 11.9. The molecule has 0 spiro atoms. The van der Waals surface area contributed by atoms with Crippen molar-refractivity contribution in [2.24, 2.45) is 0 Å². The zero-order chi connectivity index (χ0) is 25.6. The van der Waals surface area contributed by atoms with E-state index in [9.17, 15) is 27.4 Å². The number of esters is 2. The van der Waals surface area contributed by atoms with Crippen molar-refractivity contribution in [3.05, 3.63) is 76.1 Å². The molecular weight excluding hydrogens is 501 g/mol. The summed E-state index contributed by atoms with van der Waals surface area (Å²) in [5.74, 6) is -1.80. The number of para-hydroxylation sites is 1. The average molecular weight is 523 g/mol. The van der Waals surface area contributed by atoms with Gasteiger partial charge in [-0.15, -0.1) is 0 Å². The third kappa shape index (κ3) is 6.95. The van der Waals surface area contributed by atoms with Crippen LogP contribution in [-0.4, -0.2) is 47.9 Å². The molecule has 13 heteroatoms. The first-order valence-electron chi connectivity index (χ1n) is 10.4. The first-order chi connectivity index (χ1) is 16.7. The summed E-state index contributed by atoms with van der Waals surface area (Å²) in [6.45, 7) is 3.13. The number of carbonyl (C=O) groups is 2. The Labute approximate surface area is 229 Å². The van der Waals surface area contributed by atoms with Gasteiger partial charge in [0, 0.05) is 5.69 Å². The van der Waals surface area contributed by atoms with Crippen LogP contribution < -0.4 is 40.4 Å². The van der Waals surface area contributed by atoms with Crippen molar-refractivity contribution in [3.8, 4) is 5.69 Å². The Bertz CT molecular complexity index is 1390. The van der Waals surface area contributed by atoms with Gasteiger partial charge < -0.3 is 19.3 Å². The third-order valence-electron chi connectivity index (χ3n) is 4.63. The number of carbonyl (C=O) groups excluding carboxylic acids is 2. The molecule has 1 heterocycles. The van der Waals surface area contributed by atoms with E-state index in [1.807, 2.05) is 0 Å². The second kappa shape index (κ2) is 12.7. The van der Waals surface area contributed by atoms with Gasteiger partial charge in [-0.3, -0.25) is 9.89 Å². The molecule has 1 aromatic heterocycles. The molecular formula is C23H22N3NaO8S. The molecule has 0 aliphatic carbocycles. The Morgan fingerprint density at radius 2 is 1.56 bits per heavy atom. The number of aromatic nitrogens is 2. The van der Waals surface area contributed by atoms with Gasteiger partial charge in [0.2, 0.25) is 0 Å². The van der Waals surface area contributed by atoms with E-state index in [2.05, 4.69) is 10.4 Å². The number of hydrogen-bond acceptors (Lipinski definition) is 9. The number of ether oxygens (including phenoxy) is 2. The van der Waals surface area contributed by atoms with Crippen LogP contribution in [0.25, 0.3) is 11.8 Å². The van der Waals surface area contributed by atoms with Crippen LogP contribution in [-0.2, 0) is 29.2 Å². The van der Waals surface area contributed by atoms with Gasteiger partial charge in [-0.1, -0.05) is 18.2 Å². The molecule has 2 N–H and O–H groups in total. The van der Waals surface area contributed by atoms with E-state index in [1.165, 1.54) is 12.1 Å². The van der Waals surface area contributed by atoms with Gasteiger partial charge in [0.05, 0.1) is 29.4 Å². The monoisotopic (exact) mass is 523 g/mol. The number of aromatic amines is 1. The van der Waals surface area contributed by atoms with Crippen LogP contribution in [0.5, 0.6) is 0 Å². The summed E-state index contributed by atoms with van der Waals surface area (Å²) in [7, 11) is -4.67. The zero-order valence-corrected chi connectivity index (χ0v) is 22.6. The molecule has 0 bridgehead atoms. The van der Waals surface area contributed by atoms with Crippen molar-refractivity contribution in [1.82, 2.24) is 9.78 Å². The summed E-state index contributed by atoms with van der Waals surface area (Å²) in [5, 5.41) is 5.85. The molecule has 184 valence electrons. The maximum atomic E-state index is 13.3. The number of nitrogens with one attached hydrogen (secondary N) is 2. The summed E-state index contributed by atoms with van der Waals surface area (Å²) in [4.78, 5) is 37.7. The van der Waals surface area contributed by atoms with E-state index in [4.69, 9.17) is 9.47 Å². The van der Waals surface area contributed by atoms with Crippen molar-refractivity contribution in [1.29, 1.82) is 0 Å². The molecule has 0 unspecified atom stereocenters. The van der Waals surface area contributed by atoms with Crippen LogP contribution in [0.1, 0.15) is 19.4 Å². The molecule has 0 saturated heterocycles. The van der Waals surface area contributed by atoms with Gasteiger partial charge in [-0.25, -0.2) is 22.7 Å². The van der Waals surface area contributed by atoms with Crippen molar-refractivity contribution in [3.63, 3.8) is 0 Å². The molecule has 11 nitrogen and oxygen atoms in total. The SMILES string of the molecule is CCOC(=O)C(=Cc1c(Nc2ccccc2)[nH]n(-c2ccc(S(=O)(=O)[O-])cc2)c1=O)C(=O)OCC.[Na+]. The summed E-state index contributed by atoms with van der Waals surface area (Å²) in [6.07, 6.45) is 1.06. The van der Waals surface area contributed by atoms with E-state index < -0.39 is 38.1 Å². The van der Waals surface area contributed by atoms with Gasteiger partial charge in [-0.2, -0.15) is 0 Å². The number of hydrogen-bond donors (Lipinski definition) is 2. The second-order valence-electron chi connectivity index (χ2n) is 6.98. The average Bonchev–Trinajstić information content (AvgIpc) is 3.12. The van der Waals surface area contributed by atoms with Gasteiger partial charge in [-0.05, 0) is 56.3 Å². The summed E-state index contributed by atoms with van der Waals surface area (Å²) < 4.78 is 44.6. The standard InChI is InChI=1S/C23H23N3O8S.Na/c1-3-33-22(28)19(23(29)34-4-2)14-18-20(24-15-8-6-5-7-9-15)25-26(21(18)27)16-10-12-17(13-11-16)35(30,31)32;/h5-14,24-25H,3-4H2,1-2H3,(H,30,31,32);/q;+1/p-1. The van der Waals surface area contributed by atoms with Gasteiger partial charge in [0.1, 0.15) is 21.5 Å². The molecule has 0 aliphatic rings. The fourth-order valence-electron chi connectivity index (χ4n) is 3.05. The fourth-order valence-corrected chi connectivity index (χ4v) is 3.52. The van der Waals surface area contributed by atoms with Crippen LogP contribution in [0.2, 0.25) is 0 Å². The predicted molar refractivity (Wildman–Crippen MR) is 125 cm³/mol. The molecule has 3 rings (SSSR count). The molecule has 0 atom stereocenters. The van der Waals surface area contributed by atoms with E-state index in [0.29, 0.717) is 5.69 Å². The summed E-state index contributed by atoms with van der Waals surface area (Å²) in [6, 6.07) is 13.4. The molecule has 0 radical (unpaired) electrons.